The summed E-state index contributed by atoms with van der Waals surface area (Å²) in [6.45, 7) is 6.86. The molecule has 2 aromatic rings. The first kappa shape index (κ1) is 24.6. The number of carbonyl (C=O) groups excluding carboxylic acids is 1. The molecule has 2 heterocycles. The van der Waals surface area contributed by atoms with Gasteiger partial charge in [-0.05, 0) is 56.5 Å². The van der Waals surface area contributed by atoms with Crippen molar-refractivity contribution in [3.05, 3.63) is 41.7 Å². The number of anilines is 2. The Morgan fingerprint density at radius 2 is 1.77 bits per heavy atom. The first-order valence-corrected chi connectivity index (χ1v) is 11.8. The molecule has 4 rings (SSSR count). The average Bonchev–Trinajstić information content (AvgIpc) is 2.81. The third kappa shape index (κ3) is 5.76. The van der Waals surface area contributed by atoms with Crippen LogP contribution in [0.2, 0.25) is 0 Å². The van der Waals surface area contributed by atoms with Gasteiger partial charge in [-0.25, -0.2) is 4.79 Å². The van der Waals surface area contributed by atoms with Crippen molar-refractivity contribution >= 4 is 23.4 Å². The fraction of sp³-hybridized carbons (Fsp3) is 0.440. The number of hydrogen-bond donors (Lipinski definition) is 2. The van der Waals surface area contributed by atoms with Gasteiger partial charge in [0.2, 0.25) is 11.7 Å². The third-order valence-corrected chi connectivity index (χ3v) is 6.14. The molecule has 0 saturated carbocycles. The maximum Gasteiger partial charge on any atom is 0.511 e. The molecule has 10 heteroatoms. The number of amides is 1. The van der Waals surface area contributed by atoms with Gasteiger partial charge in [0.25, 0.3) is 0 Å². The van der Waals surface area contributed by atoms with E-state index in [4.69, 9.17) is 19.3 Å². The molecule has 0 unspecified atom stereocenters. The molecule has 0 bridgehead atoms. The Bertz CT molecular complexity index is 1060. The number of likely N-dealkylation sites (tertiary alicyclic amines) is 1. The quantitative estimate of drug-likeness (QED) is 0.424. The van der Waals surface area contributed by atoms with Crippen LogP contribution in [0, 0.1) is 5.82 Å². The molecule has 0 aliphatic carbocycles. The second-order valence-electron chi connectivity index (χ2n) is 8.50. The van der Waals surface area contributed by atoms with Crippen LogP contribution in [0.4, 0.5) is 20.6 Å². The molecule has 0 atom stereocenters. The third-order valence-electron chi connectivity index (χ3n) is 6.14. The first-order valence-electron chi connectivity index (χ1n) is 11.8. The zero-order valence-electron chi connectivity index (χ0n) is 19.9. The second kappa shape index (κ2) is 10.8. The lowest BCUT2D eigenvalue weighted by atomic mass is 10.00. The smallest absolute Gasteiger partial charge is 0.491 e. The van der Waals surface area contributed by atoms with Crippen molar-refractivity contribution in [2.75, 3.05) is 43.1 Å². The topological polar surface area (TPSA) is 101 Å². The molecule has 188 valence electrons. The number of carboxylic acid groups (broad SMARTS) is 1. The summed E-state index contributed by atoms with van der Waals surface area (Å²) in [6, 6.07) is 8.53. The van der Waals surface area contributed by atoms with Crippen molar-refractivity contribution in [2.45, 2.75) is 39.3 Å². The fourth-order valence-electron chi connectivity index (χ4n) is 4.67. The predicted molar refractivity (Wildman–Crippen MR) is 128 cm³/mol. The van der Waals surface area contributed by atoms with E-state index in [0.29, 0.717) is 25.4 Å². The Labute approximate surface area is 203 Å². The fourth-order valence-corrected chi connectivity index (χ4v) is 4.67. The zero-order chi connectivity index (χ0) is 24.9. The molecule has 1 fully saturated rings. The highest BCUT2D eigenvalue weighted by Gasteiger charge is 2.31. The van der Waals surface area contributed by atoms with Gasteiger partial charge < -0.3 is 29.5 Å². The van der Waals surface area contributed by atoms with E-state index in [-0.39, 0.29) is 35.7 Å². The van der Waals surface area contributed by atoms with Crippen molar-refractivity contribution in [2.24, 2.45) is 0 Å². The molecule has 2 aliphatic heterocycles. The van der Waals surface area contributed by atoms with Crippen molar-refractivity contribution in [1.29, 1.82) is 0 Å². The molecule has 1 saturated heterocycles. The summed E-state index contributed by atoms with van der Waals surface area (Å²) in [5, 5.41) is 11.7. The SMILES string of the molecule is CCOc1cc(CN2CCC(N3CC(=O)Nc4cc(OC(=O)O)ccc43)CC2)cc(OCC)c1F. The molecule has 2 aliphatic rings. The van der Waals surface area contributed by atoms with Crippen molar-refractivity contribution in [3.8, 4) is 17.2 Å². The number of ether oxygens (including phenoxy) is 3. The molecule has 1 amide bonds. The van der Waals surface area contributed by atoms with E-state index < -0.39 is 12.0 Å². The normalized spacial score (nSPS) is 16.4. The van der Waals surface area contributed by atoms with Gasteiger partial charge >= 0.3 is 6.16 Å². The van der Waals surface area contributed by atoms with Crippen LogP contribution < -0.4 is 24.4 Å². The Balaban J connectivity index is 1.43. The number of benzene rings is 2. The van der Waals surface area contributed by atoms with Gasteiger partial charge in [0.15, 0.2) is 11.5 Å². The minimum atomic E-state index is -1.40. The van der Waals surface area contributed by atoms with Crippen molar-refractivity contribution < 1.29 is 33.3 Å². The molecule has 9 nitrogen and oxygen atoms in total. The summed E-state index contributed by atoms with van der Waals surface area (Å²) in [4.78, 5) is 27.6. The van der Waals surface area contributed by atoms with E-state index >= 15 is 0 Å². The average molecular weight is 488 g/mol. The number of hydrogen-bond acceptors (Lipinski definition) is 7. The first-order chi connectivity index (χ1) is 16.9. The minimum absolute atomic E-state index is 0.148. The van der Waals surface area contributed by atoms with E-state index in [1.165, 1.54) is 6.07 Å². The number of nitrogens with zero attached hydrogens (tertiary/aromatic N) is 2. The Morgan fingerprint density at radius 3 is 2.37 bits per heavy atom. The molecule has 35 heavy (non-hydrogen) atoms. The number of rotatable bonds is 8. The summed E-state index contributed by atoms with van der Waals surface area (Å²) in [5.74, 6) is -0.0675. The lowest BCUT2D eigenvalue weighted by Crippen LogP contribution is -2.49. The van der Waals surface area contributed by atoms with Crippen LogP contribution in [-0.2, 0) is 11.3 Å². The van der Waals surface area contributed by atoms with Gasteiger partial charge in [0, 0.05) is 31.7 Å². The van der Waals surface area contributed by atoms with Gasteiger partial charge in [-0.15, -0.1) is 0 Å². The molecule has 0 aromatic heterocycles. The number of piperidine rings is 1. The van der Waals surface area contributed by atoms with Gasteiger partial charge in [-0.3, -0.25) is 9.69 Å². The van der Waals surface area contributed by atoms with Crippen LogP contribution >= 0.6 is 0 Å². The monoisotopic (exact) mass is 487 g/mol. The minimum Gasteiger partial charge on any atom is -0.491 e. The van der Waals surface area contributed by atoms with Crippen LogP contribution in [0.1, 0.15) is 32.3 Å². The lowest BCUT2D eigenvalue weighted by molar-refractivity contribution is -0.115. The second-order valence-corrected chi connectivity index (χ2v) is 8.50. The van der Waals surface area contributed by atoms with E-state index in [2.05, 4.69) is 15.1 Å². The summed E-state index contributed by atoms with van der Waals surface area (Å²) in [5.41, 5.74) is 2.31. The highest BCUT2D eigenvalue weighted by molar-refractivity contribution is 6.01. The van der Waals surface area contributed by atoms with E-state index in [9.17, 15) is 14.0 Å². The van der Waals surface area contributed by atoms with E-state index in [1.54, 1.807) is 24.3 Å². The van der Waals surface area contributed by atoms with E-state index in [0.717, 1.165) is 37.2 Å². The summed E-state index contributed by atoms with van der Waals surface area (Å²) >= 11 is 0. The standard InChI is InChI=1S/C25H30FN3O6/c1-3-33-21-11-16(12-22(24(21)26)34-4-2)14-28-9-7-17(8-10-28)29-15-23(30)27-19-13-18(35-25(31)32)5-6-20(19)29/h5-6,11-13,17H,3-4,7-10,14-15H2,1-2H3,(H,27,30)(H,31,32). The van der Waals surface area contributed by atoms with Gasteiger partial charge in [0.1, 0.15) is 5.75 Å². The van der Waals surface area contributed by atoms with Crippen LogP contribution in [0.3, 0.4) is 0 Å². The largest absolute Gasteiger partial charge is 0.511 e. The van der Waals surface area contributed by atoms with Gasteiger partial charge in [-0.1, -0.05) is 0 Å². The molecular weight excluding hydrogens is 457 g/mol. The van der Waals surface area contributed by atoms with Crippen molar-refractivity contribution in [3.63, 3.8) is 0 Å². The van der Waals surface area contributed by atoms with Crippen LogP contribution in [0.25, 0.3) is 0 Å². The van der Waals surface area contributed by atoms with Crippen LogP contribution in [-0.4, -0.2) is 61.0 Å². The molecular formula is C25H30FN3O6. The Hall–Kier alpha value is -3.53. The number of nitrogens with one attached hydrogen (secondary N) is 1. The number of carbonyl (C=O) groups is 2. The maximum atomic E-state index is 14.6. The number of fused-ring (bicyclic) bond motifs is 1. The van der Waals surface area contributed by atoms with Gasteiger partial charge in [-0.2, -0.15) is 4.39 Å². The molecule has 2 N–H and O–H groups in total. The summed E-state index contributed by atoms with van der Waals surface area (Å²) < 4.78 is 30.2. The van der Waals surface area contributed by atoms with Crippen LogP contribution in [0.5, 0.6) is 17.2 Å². The Morgan fingerprint density at radius 1 is 1.11 bits per heavy atom. The van der Waals surface area contributed by atoms with Crippen LogP contribution in [0.15, 0.2) is 30.3 Å². The van der Waals surface area contributed by atoms with Crippen molar-refractivity contribution in [1.82, 2.24) is 4.90 Å². The van der Waals surface area contributed by atoms with E-state index in [1.807, 2.05) is 13.8 Å². The predicted octanol–water partition coefficient (Wildman–Crippen LogP) is 4.10. The highest BCUT2D eigenvalue weighted by Crippen LogP contribution is 2.36. The molecule has 2 aromatic carbocycles. The highest BCUT2D eigenvalue weighted by atomic mass is 19.1. The zero-order valence-corrected chi connectivity index (χ0v) is 19.9. The Kier molecular flexibility index (Phi) is 7.60. The number of halogens is 1. The maximum absolute atomic E-state index is 14.6. The van der Waals surface area contributed by atoms with Gasteiger partial charge in [0.05, 0.1) is 31.1 Å². The summed E-state index contributed by atoms with van der Waals surface area (Å²) in [6.07, 6.45) is 0.287. The molecule has 0 spiro atoms. The molecule has 0 radical (unpaired) electrons. The summed E-state index contributed by atoms with van der Waals surface area (Å²) in [7, 11) is 0. The lowest BCUT2D eigenvalue weighted by Gasteiger charge is -2.42.